The number of nitrogens with zero attached hydrogens (tertiary/aromatic N) is 1. The van der Waals surface area contributed by atoms with Crippen LogP contribution in [0.1, 0.15) is 38.5 Å². The average molecular weight is 218 g/mol. The van der Waals surface area contributed by atoms with E-state index in [-0.39, 0.29) is 5.92 Å². The van der Waals surface area contributed by atoms with Gasteiger partial charge in [-0.3, -0.25) is 4.79 Å². The topological polar surface area (TPSA) is 20.3 Å². The summed E-state index contributed by atoms with van der Waals surface area (Å²) in [6.07, 6.45) is 6.58. The first-order valence-electron chi connectivity index (χ1n) is 5.56. The summed E-state index contributed by atoms with van der Waals surface area (Å²) in [7, 11) is 1.92. The molecule has 3 heteroatoms. The lowest BCUT2D eigenvalue weighted by Gasteiger charge is -2.19. The molecule has 1 aliphatic heterocycles. The Morgan fingerprint density at radius 1 is 1.43 bits per heavy atom. The normalized spacial score (nSPS) is 23.7. The molecule has 0 saturated carbocycles. The van der Waals surface area contributed by atoms with Gasteiger partial charge in [-0.2, -0.15) is 0 Å². The summed E-state index contributed by atoms with van der Waals surface area (Å²) in [4.78, 5) is 13.7. The van der Waals surface area contributed by atoms with E-state index < -0.39 is 0 Å². The molecule has 0 bridgehead atoms. The van der Waals surface area contributed by atoms with Gasteiger partial charge >= 0.3 is 0 Å². The van der Waals surface area contributed by atoms with Gasteiger partial charge in [0.1, 0.15) is 0 Å². The second kappa shape index (κ2) is 6.28. The molecule has 0 aliphatic carbocycles. The van der Waals surface area contributed by atoms with Crippen molar-refractivity contribution in [2.24, 2.45) is 5.92 Å². The van der Waals surface area contributed by atoms with Crippen LogP contribution in [0, 0.1) is 5.92 Å². The fourth-order valence-electron chi connectivity index (χ4n) is 2.04. The van der Waals surface area contributed by atoms with Crippen molar-refractivity contribution in [2.75, 3.05) is 19.5 Å². The zero-order valence-electron chi connectivity index (χ0n) is 8.97. The van der Waals surface area contributed by atoms with Crippen LogP contribution in [0.15, 0.2) is 0 Å². The van der Waals surface area contributed by atoms with Gasteiger partial charge in [-0.15, -0.1) is 11.6 Å². The van der Waals surface area contributed by atoms with Crippen molar-refractivity contribution in [3.8, 4) is 0 Å². The predicted molar refractivity (Wildman–Crippen MR) is 59.5 cm³/mol. The maximum atomic E-state index is 11.8. The molecule has 0 spiro atoms. The first kappa shape index (κ1) is 11.8. The summed E-state index contributed by atoms with van der Waals surface area (Å²) in [6, 6.07) is 0. The first-order chi connectivity index (χ1) is 6.75. The molecule has 1 atom stereocenters. The molecule has 1 unspecified atom stereocenters. The largest absolute Gasteiger partial charge is 0.346 e. The van der Waals surface area contributed by atoms with Crippen molar-refractivity contribution in [3.63, 3.8) is 0 Å². The van der Waals surface area contributed by atoms with Crippen LogP contribution in [0.25, 0.3) is 0 Å². The van der Waals surface area contributed by atoms with Crippen LogP contribution in [0.2, 0.25) is 0 Å². The summed E-state index contributed by atoms with van der Waals surface area (Å²) in [5.74, 6) is 1.33. The van der Waals surface area contributed by atoms with E-state index in [1.165, 1.54) is 6.42 Å². The molecule has 0 aromatic rings. The Morgan fingerprint density at radius 2 is 2.21 bits per heavy atom. The monoisotopic (exact) mass is 217 g/mol. The highest BCUT2D eigenvalue weighted by Crippen LogP contribution is 2.21. The molecule has 0 aromatic heterocycles. The van der Waals surface area contributed by atoms with Crippen LogP contribution in [0.4, 0.5) is 0 Å². The molecular formula is C11H20ClNO. The van der Waals surface area contributed by atoms with Crippen LogP contribution in [-0.2, 0) is 4.79 Å². The summed E-state index contributed by atoms with van der Waals surface area (Å²) in [5.41, 5.74) is 0. The van der Waals surface area contributed by atoms with E-state index in [4.69, 9.17) is 11.6 Å². The highest BCUT2D eigenvalue weighted by molar-refractivity contribution is 6.17. The Bertz CT molecular complexity index is 184. The van der Waals surface area contributed by atoms with Crippen molar-refractivity contribution in [1.82, 2.24) is 4.90 Å². The van der Waals surface area contributed by atoms with Gasteiger partial charge in [0, 0.05) is 25.4 Å². The smallest absolute Gasteiger partial charge is 0.225 e. The van der Waals surface area contributed by atoms with Gasteiger partial charge in [0.2, 0.25) is 5.91 Å². The van der Waals surface area contributed by atoms with Crippen LogP contribution in [-0.4, -0.2) is 30.3 Å². The highest BCUT2D eigenvalue weighted by Gasteiger charge is 2.23. The summed E-state index contributed by atoms with van der Waals surface area (Å²) in [5, 5.41) is 0. The number of hydrogen-bond donors (Lipinski definition) is 0. The maximum Gasteiger partial charge on any atom is 0.225 e. The Kier molecular flexibility index (Phi) is 5.31. The van der Waals surface area contributed by atoms with E-state index in [1.807, 2.05) is 11.9 Å². The fourth-order valence-corrected chi connectivity index (χ4v) is 2.23. The summed E-state index contributed by atoms with van der Waals surface area (Å²) < 4.78 is 0. The van der Waals surface area contributed by atoms with Gasteiger partial charge in [0.05, 0.1) is 0 Å². The van der Waals surface area contributed by atoms with Crippen LogP contribution in [0.3, 0.4) is 0 Å². The second-order valence-electron chi connectivity index (χ2n) is 4.14. The number of unbranched alkanes of at least 4 members (excludes halogenated alkanes) is 1. The average Bonchev–Trinajstić information content (AvgIpc) is 2.33. The van der Waals surface area contributed by atoms with E-state index >= 15 is 0 Å². The molecule has 82 valence electrons. The van der Waals surface area contributed by atoms with Gasteiger partial charge < -0.3 is 4.90 Å². The number of carbonyl (C=O) groups excluding carboxylic acids is 1. The fraction of sp³-hybridized carbons (Fsp3) is 0.909. The highest BCUT2D eigenvalue weighted by atomic mass is 35.5. The molecule has 2 nitrogen and oxygen atoms in total. The van der Waals surface area contributed by atoms with Crippen LogP contribution >= 0.6 is 11.6 Å². The Labute approximate surface area is 91.6 Å². The van der Waals surface area contributed by atoms with Crippen LogP contribution in [0.5, 0.6) is 0 Å². The third-order valence-corrected chi connectivity index (χ3v) is 3.23. The van der Waals surface area contributed by atoms with Gasteiger partial charge in [-0.05, 0) is 25.7 Å². The number of alkyl halides is 1. The number of rotatable bonds is 4. The van der Waals surface area contributed by atoms with E-state index in [2.05, 4.69) is 0 Å². The van der Waals surface area contributed by atoms with E-state index in [0.717, 1.165) is 44.5 Å². The van der Waals surface area contributed by atoms with Gasteiger partial charge in [-0.1, -0.05) is 12.8 Å². The van der Waals surface area contributed by atoms with Crippen molar-refractivity contribution < 1.29 is 4.79 Å². The second-order valence-corrected chi connectivity index (χ2v) is 4.52. The summed E-state index contributed by atoms with van der Waals surface area (Å²) in [6.45, 7) is 0.935. The van der Waals surface area contributed by atoms with Crippen molar-refractivity contribution >= 4 is 17.5 Å². The molecule has 0 radical (unpaired) electrons. The van der Waals surface area contributed by atoms with Crippen molar-refractivity contribution in [2.45, 2.75) is 38.5 Å². The lowest BCUT2D eigenvalue weighted by molar-refractivity contribution is -0.133. The van der Waals surface area contributed by atoms with E-state index in [9.17, 15) is 4.79 Å². The third kappa shape index (κ3) is 3.49. The van der Waals surface area contributed by atoms with Gasteiger partial charge in [0.15, 0.2) is 0 Å². The minimum absolute atomic E-state index is 0.269. The molecule has 1 saturated heterocycles. The molecule has 1 amide bonds. The SMILES string of the molecule is CN1CCCCC(CCCCCl)C1=O. The third-order valence-electron chi connectivity index (χ3n) is 2.96. The molecule has 1 rings (SSSR count). The zero-order chi connectivity index (χ0) is 10.4. The lowest BCUT2D eigenvalue weighted by Crippen LogP contribution is -2.31. The van der Waals surface area contributed by atoms with Gasteiger partial charge in [-0.25, -0.2) is 0 Å². The lowest BCUT2D eigenvalue weighted by atomic mass is 9.96. The quantitative estimate of drug-likeness (QED) is 0.524. The van der Waals surface area contributed by atoms with E-state index in [0.29, 0.717) is 5.91 Å². The molecule has 0 N–H and O–H groups in total. The number of hydrogen-bond acceptors (Lipinski definition) is 1. The number of amides is 1. The molecule has 1 aliphatic rings. The van der Waals surface area contributed by atoms with Crippen LogP contribution < -0.4 is 0 Å². The Balaban J connectivity index is 2.36. The Morgan fingerprint density at radius 3 is 2.93 bits per heavy atom. The predicted octanol–water partition coefficient (Wildman–Crippen LogP) is 2.65. The maximum absolute atomic E-state index is 11.8. The molecular weight excluding hydrogens is 198 g/mol. The minimum atomic E-state index is 0.269. The first-order valence-corrected chi connectivity index (χ1v) is 6.10. The van der Waals surface area contributed by atoms with E-state index in [1.54, 1.807) is 0 Å². The molecule has 0 aromatic carbocycles. The van der Waals surface area contributed by atoms with Gasteiger partial charge in [0.25, 0.3) is 0 Å². The van der Waals surface area contributed by atoms with Crippen molar-refractivity contribution in [3.05, 3.63) is 0 Å². The molecule has 14 heavy (non-hydrogen) atoms. The van der Waals surface area contributed by atoms with Crippen molar-refractivity contribution in [1.29, 1.82) is 0 Å². The standard InChI is InChI=1S/C11H20ClNO/c1-13-9-5-3-7-10(11(13)14)6-2-4-8-12/h10H,2-9H2,1H3. The Hall–Kier alpha value is -0.240. The number of carbonyl (C=O) groups is 1. The summed E-state index contributed by atoms with van der Waals surface area (Å²) >= 11 is 5.62. The molecule has 1 fully saturated rings. The number of halogens is 1. The number of likely N-dealkylation sites (tertiary alicyclic amines) is 1. The zero-order valence-corrected chi connectivity index (χ0v) is 9.72. The molecule has 1 heterocycles. The minimum Gasteiger partial charge on any atom is -0.346 e.